The van der Waals surface area contributed by atoms with E-state index in [1.165, 1.54) is 11.8 Å². The van der Waals surface area contributed by atoms with Crippen LogP contribution in [-0.4, -0.2) is 87.3 Å². The van der Waals surface area contributed by atoms with Gasteiger partial charge in [0.2, 0.25) is 17.7 Å². The van der Waals surface area contributed by atoms with Gasteiger partial charge in [0.15, 0.2) is 0 Å². The number of hydrogen-bond donors (Lipinski definition) is 6. The van der Waals surface area contributed by atoms with Gasteiger partial charge in [-0.15, -0.1) is 0 Å². The third kappa shape index (κ3) is 6.49. The van der Waals surface area contributed by atoms with Crippen LogP contribution < -0.4 is 16.4 Å². The number of aliphatic carboxylic acids is 1. The van der Waals surface area contributed by atoms with Crippen LogP contribution in [0.5, 0.6) is 0 Å². The number of benzene rings is 1. The number of nitrogens with one attached hydrogen (secondary N) is 2. The van der Waals surface area contributed by atoms with Crippen molar-refractivity contribution in [1.82, 2.24) is 15.5 Å². The molecule has 5 unspecified atom stereocenters. The summed E-state index contributed by atoms with van der Waals surface area (Å²) >= 11 is 0. The third-order valence-corrected chi connectivity index (χ3v) is 5.31. The summed E-state index contributed by atoms with van der Waals surface area (Å²) in [7, 11) is 0. The molecule has 7 N–H and O–H groups in total. The molecule has 1 aliphatic heterocycles. The molecule has 11 heteroatoms. The number of amides is 3. The van der Waals surface area contributed by atoms with Crippen molar-refractivity contribution in [3.63, 3.8) is 0 Å². The first-order valence-electron chi connectivity index (χ1n) is 10.4. The van der Waals surface area contributed by atoms with Crippen molar-refractivity contribution in [3.05, 3.63) is 35.9 Å². The lowest BCUT2D eigenvalue weighted by Crippen LogP contribution is -2.59. The number of aliphatic hydroxyl groups excluding tert-OH is 2. The predicted molar refractivity (Wildman–Crippen MR) is 113 cm³/mol. The molecule has 11 nitrogen and oxygen atoms in total. The molecule has 176 valence electrons. The maximum Gasteiger partial charge on any atom is 0.326 e. The molecule has 2 rings (SSSR count). The van der Waals surface area contributed by atoms with Gasteiger partial charge in [0.1, 0.15) is 24.2 Å². The number of hydrogen-bond acceptors (Lipinski definition) is 7. The molecule has 0 radical (unpaired) electrons. The SMILES string of the molecule is CC(O)C(NC(=O)C1CCCN1C(=O)C(N)CO)C(=O)NC(Cc1ccccc1)C(=O)O. The second kappa shape index (κ2) is 11.6. The number of nitrogens with zero attached hydrogens (tertiary/aromatic N) is 1. The molecule has 0 bridgehead atoms. The second-order valence-corrected chi connectivity index (χ2v) is 7.79. The largest absolute Gasteiger partial charge is 0.480 e. The first-order valence-corrected chi connectivity index (χ1v) is 10.4. The molecule has 3 amide bonds. The predicted octanol–water partition coefficient (Wildman–Crippen LogP) is -2.03. The molecule has 1 heterocycles. The van der Waals surface area contributed by atoms with E-state index in [0.717, 1.165) is 0 Å². The Hall–Kier alpha value is -3.02. The molecule has 0 saturated carbocycles. The van der Waals surface area contributed by atoms with Gasteiger partial charge in [-0.2, -0.15) is 0 Å². The third-order valence-electron chi connectivity index (χ3n) is 5.31. The van der Waals surface area contributed by atoms with Gasteiger partial charge in [-0.05, 0) is 25.3 Å². The van der Waals surface area contributed by atoms with Crippen molar-refractivity contribution in [3.8, 4) is 0 Å². The minimum absolute atomic E-state index is 0.0202. The minimum Gasteiger partial charge on any atom is -0.480 e. The molecule has 1 fully saturated rings. The fourth-order valence-electron chi connectivity index (χ4n) is 3.56. The molecule has 32 heavy (non-hydrogen) atoms. The van der Waals surface area contributed by atoms with E-state index in [1.807, 2.05) is 0 Å². The Morgan fingerprint density at radius 1 is 1.19 bits per heavy atom. The Bertz CT molecular complexity index is 818. The van der Waals surface area contributed by atoms with E-state index in [9.17, 15) is 29.4 Å². The van der Waals surface area contributed by atoms with Crippen LogP contribution >= 0.6 is 0 Å². The van der Waals surface area contributed by atoms with Crippen molar-refractivity contribution in [1.29, 1.82) is 0 Å². The second-order valence-electron chi connectivity index (χ2n) is 7.79. The highest BCUT2D eigenvalue weighted by molar-refractivity contribution is 5.94. The summed E-state index contributed by atoms with van der Waals surface area (Å²) in [5.74, 6) is -3.38. The molecular formula is C21H30N4O7. The van der Waals surface area contributed by atoms with E-state index >= 15 is 0 Å². The van der Waals surface area contributed by atoms with Gasteiger partial charge in [-0.25, -0.2) is 4.79 Å². The summed E-state index contributed by atoms with van der Waals surface area (Å²) in [5.41, 5.74) is 6.26. The number of carbonyl (C=O) groups is 4. The highest BCUT2D eigenvalue weighted by atomic mass is 16.4. The molecule has 0 aliphatic carbocycles. The standard InChI is InChI=1S/C21H30N4O7/c1-12(27)17(19(29)23-15(21(31)32)10-13-6-3-2-4-7-13)24-18(28)16-8-5-9-25(16)20(30)14(22)11-26/h2-4,6-7,12,14-17,26-27H,5,8-11,22H2,1H3,(H,23,29)(H,24,28)(H,31,32). The molecule has 0 spiro atoms. The van der Waals surface area contributed by atoms with E-state index in [4.69, 9.17) is 10.8 Å². The lowest BCUT2D eigenvalue weighted by atomic mass is 10.0. The van der Waals surface area contributed by atoms with Crippen molar-refractivity contribution in [2.45, 2.75) is 56.5 Å². The van der Waals surface area contributed by atoms with Crippen LogP contribution in [0.1, 0.15) is 25.3 Å². The van der Waals surface area contributed by atoms with Gasteiger partial charge < -0.3 is 36.6 Å². The molecule has 1 aromatic carbocycles. The van der Waals surface area contributed by atoms with Gasteiger partial charge in [-0.3, -0.25) is 14.4 Å². The van der Waals surface area contributed by atoms with E-state index in [-0.39, 0.29) is 13.0 Å². The summed E-state index contributed by atoms with van der Waals surface area (Å²) in [4.78, 5) is 50.7. The Labute approximate surface area is 185 Å². The Balaban J connectivity index is 2.08. The van der Waals surface area contributed by atoms with E-state index < -0.39 is 60.6 Å². The van der Waals surface area contributed by atoms with Crippen molar-refractivity contribution < 1.29 is 34.5 Å². The van der Waals surface area contributed by atoms with E-state index in [2.05, 4.69) is 10.6 Å². The fourth-order valence-corrected chi connectivity index (χ4v) is 3.56. The number of rotatable bonds is 10. The average molecular weight is 450 g/mol. The molecule has 1 aromatic rings. The van der Waals surface area contributed by atoms with Crippen LogP contribution in [0.4, 0.5) is 0 Å². The van der Waals surface area contributed by atoms with Crippen LogP contribution in [0.2, 0.25) is 0 Å². The normalized spacial score (nSPS) is 19.5. The summed E-state index contributed by atoms with van der Waals surface area (Å²) in [6.45, 7) is 0.992. The first kappa shape index (κ1) is 25.2. The molecule has 1 saturated heterocycles. The summed E-state index contributed by atoms with van der Waals surface area (Å²) in [5, 5.41) is 33.4. The van der Waals surface area contributed by atoms with Crippen LogP contribution in [0.15, 0.2) is 30.3 Å². The number of carboxylic acids is 1. The van der Waals surface area contributed by atoms with Gasteiger partial charge in [0.05, 0.1) is 12.7 Å². The summed E-state index contributed by atoms with van der Waals surface area (Å²) < 4.78 is 0. The van der Waals surface area contributed by atoms with Gasteiger partial charge in [-0.1, -0.05) is 30.3 Å². The van der Waals surface area contributed by atoms with Crippen LogP contribution in [0.25, 0.3) is 0 Å². The maximum absolute atomic E-state index is 12.8. The van der Waals surface area contributed by atoms with Crippen LogP contribution in [0.3, 0.4) is 0 Å². The molecule has 0 aromatic heterocycles. The number of carboxylic acid groups (broad SMARTS) is 1. The summed E-state index contributed by atoms with van der Waals surface area (Å²) in [6, 6.07) is 3.94. The lowest BCUT2D eigenvalue weighted by Gasteiger charge is -2.29. The van der Waals surface area contributed by atoms with Crippen molar-refractivity contribution in [2.75, 3.05) is 13.2 Å². The fraction of sp³-hybridized carbons (Fsp3) is 0.524. The number of likely N-dealkylation sites (tertiary alicyclic amines) is 1. The quantitative estimate of drug-likeness (QED) is 0.236. The van der Waals surface area contributed by atoms with Gasteiger partial charge >= 0.3 is 5.97 Å². The Morgan fingerprint density at radius 2 is 1.84 bits per heavy atom. The van der Waals surface area contributed by atoms with E-state index in [0.29, 0.717) is 18.4 Å². The van der Waals surface area contributed by atoms with Gasteiger partial charge in [0.25, 0.3) is 0 Å². The highest BCUT2D eigenvalue weighted by Gasteiger charge is 2.38. The average Bonchev–Trinajstić information content (AvgIpc) is 3.26. The van der Waals surface area contributed by atoms with Crippen LogP contribution in [0, 0.1) is 0 Å². The molecule has 1 aliphatic rings. The molecular weight excluding hydrogens is 420 g/mol. The molecule has 5 atom stereocenters. The lowest BCUT2D eigenvalue weighted by molar-refractivity contribution is -0.144. The maximum atomic E-state index is 12.8. The summed E-state index contributed by atoms with van der Waals surface area (Å²) in [6.07, 6.45) is -0.441. The topological polar surface area (TPSA) is 182 Å². The Kier molecular flexibility index (Phi) is 9.12. The van der Waals surface area contributed by atoms with E-state index in [1.54, 1.807) is 30.3 Å². The minimum atomic E-state index is -1.43. The number of nitrogens with two attached hydrogens (primary N) is 1. The number of carbonyl (C=O) groups excluding carboxylic acids is 3. The zero-order chi connectivity index (χ0) is 23.8. The zero-order valence-corrected chi connectivity index (χ0v) is 17.8. The van der Waals surface area contributed by atoms with Crippen molar-refractivity contribution >= 4 is 23.7 Å². The first-order chi connectivity index (χ1) is 15.1. The number of aliphatic hydroxyl groups is 2. The van der Waals surface area contributed by atoms with Crippen LogP contribution in [-0.2, 0) is 25.6 Å². The zero-order valence-electron chi connectivity index (χ0n) is 17.8. The smallest absolute Gasteiger partial charge is 0.326 e. The van der Waals surface area contributed by atoms with Gasteiger partial charge in [0, 0.05) is 13.0 Å². The highest BCUT2D eigenvalue weighted by Crippen LogP contribution is 2.18. The Morgan fingerprint density at radius 3 is 2.41 bits per heavy atom. The monoisotopic (exact) mass is 450 g/mol. The van der Waals surface area contributed by atoms with Crippen molar-refractivity contribution in [2.24, 2.45) is 5.73 Å².